The van der Waals surface area contributed by atoms with Gasteiger partial charge in [0.25, 0.3) is 0 Å². The van der Waals surface area contributed by atoms with Crippen molar-refractivity contribution in [1.82, 2.24) is 0 Å². The summed E-state index contributed by atoms with van der Waals surface area (Å²) in [5.41, 5.74) is 9.92. The highest BCUT2D eigenvalue weighted by Crippen LogP contribution is 2.57. The zero-order valence-electron chi connectivity index (χ0n) is 23.6. The molecule has 2 nitrogen and oxygen atoms in total. The predicted molar refractivity (Wildman–Crippen MR) is 159 cm³/mol. The number of aromatic hydroxyl groups is 1. The number of phenols is 1. The summed E-state index contributed by atoms with van der Waals surface area (Å²) in [6.07, 6.45) is 3.26. The SMILES string of the molecule is CCC(C)c1ccc2c(c1)C(c1ccc(O)cc1)(c1ccc(OC)cc1)c1cc(C(C)(CC)CC)ccc1-2. The number of phenolic OH excluding ortho intramolecular Hbond substituents is 1. The number of fused-ring (bicyclic) bond motifs is 3. The van der Waals surface area contributed by atoms with Crippen molar-refractivity contribution in [2.45, 2.75) is 70.6 Å². The molecule has 0 amide bonds. The first-order valence-electron chi connectivity index (χ1n) is 14.1. The van der Waals surface area contributed by atoms with Crippen LogP contribution in [0.25, 0.3) is 11.1 Å². The zero-order chi connectivity index (χ0) is 27.1. The molecule has 2 unspecified atom stereocenters. The maximum atomic E-state index is 10.3. The van der Waals surface area contributed by atoms with Gasteiger partial charge < -0.3 is 9.84 Å². The minimum atomic E-state index is -0.507. The van der Waals surface area contributed by atoms with E-state index in [1.165, 1.54) is 38.9 Å². The van der Waals surface area contributed by atoms with Crippen molar-refractivity contribution >= 4 is 0 Å². The summed E-state index contributed by atoms with van der Waals surface area (Å²) >= 11 is 0. The highest BCUT2D eigenvalue weighted by Gasteiger charge is 2.47. The Morgan fingerprint density at radius 3 is 1.87 bits per heavy atom. The molecule has 2 atom stereocenters. The Hall–Kier alpha value is -3.52. The molecule has 196 valence electrons. The van der Waals surface area contributed by atoms with E-state index in [2.05, 4.69) is 107 Å². The molecule has 0 radical (unpaired) electrons. The molecule has 0 fully saturated rings. The Balaban J connectivity index is 1.92. The van der Waals surface area contributed by atoms with Gasteiger partial charge in [0.15, 0.2) is 0 Å². The second-order valence-electron chi connectivity index (χ2n) is 11.2. The van der Waals surface area contributed by atoms with Crippen LogP contribution < -0.4 is 4.74 Å². The molecule has 4 aromatic carbocycles. The van der Waals surface area contributed by atoms with Gasteiger partial charge in [-0.15, -0.1) is 0 Å². The van der Waals surface area contributed by atoms with Gasteiger partial charge in [0.05, 0.1) is 12.5 Å². The number of rotatable bonds is 8. The van der Waals surface area contributed by atoms with E-state index in [1.807, 2.05) is 12.1 Å². The molecular weight excluding hydrogens is 464 g/mol. The van der Waals surface area contributed by atoms with E-state index in [9.17, 15) is 5.11 Å². The summed E-state index contributed by atoms with van der Waals surface area (Å²) in [5.74, 6) is 1.60. The number of ether oxygens (including phenoxy) is 1. The summed E-state index contributed by atoms with van der Waals surface area (Å²) < 4.78 is 5.55. The second-order valence-corrected chi connectivity index (χ2v) is 11.2. The topological polar surface area (TPSA) is 29.5 Å². The lowest BCUT2D eigenvalue weighted by Gasteiger charge is -2.36. The lowest BCUT2D eigenvalue weighted by Crippen LogP contribution is -2.29. The summed E-state index contributed by atoms with van der Waals surface area (Å²) in [7, 11) is 1.71. The fourth-order valence-corrected chi connectivity index (χ4v) is 6.26. The first-order valence-corrected chi connectivity index (χ1v) is 14.1. The smallest absolute Gasteiger partial charge is 0.118 e. The second kappa shape index (κ2) is 9.98. The molecule has 0 aliphatic heterocycles. The van der Waals surface area contributed by atoms with Gasteiger partial charge in [-0.2, -0.15) is 0 Å². The fourth-order valence-electron chi connectivity index (χ4n) is 6.26. The standard InChI is InChI=1S/C36H40O2/c1-7-24(4)25-10-20-31-32-21-15-28(35(5,8-2)9-3)23-34(32)36(33(31)22-25,26-11-16-29(37)17-12-26)27-13-18-30(38-6)19-14-27/h10-24,37H,7-9H2,1-6H3. The quantitative estimate of drug-likeness (QED) is 0.228. The maximum Gasteiger partial charge on any atom is 0.118 e. The minimum absolute atomic E-state index is 0.103. The van der Waals surface area contributed by atoms with Crippen LogP contribution >= 0.6 is 0 Å². The van der Waals surface area contributed by atoms with Crippen LogP contribution in [-0.2, 0) is 10.8 Å². The van der Waals surface area contributed by atoms with Gasteiger partial charge in [-0.1, -0.05) is 95.3 Å². The van der Waals surface area contributed by atoms with E-state index < -0.39 is 5.41 Å². The zero-order valence-corrected chi connectivity index (χ0v) is 23.6. The van der Waals surface area contributed by atoms with Crippen LogP contribution in [0.4, 0.5) is 0 Å². The van der Waals surface area contributed by atoms with Crippen molar-refractivity contribution in [3.05, 3.63) is 118 Å². The molecule has 0 aromatic heterocycles. The molecule has 1 aliphatic rings. The molecule has 0 saturated carbocycles. The monoisotopic (exact) mass is 504 g/mol. The lowest BCUT2D eigenvalue weighted by molar-refractivity contribution is 0.414. The Morgan fingerprint density at radius 1 is 0.763 bits per heavy atom. The van der Waals surface area contributed by atoms with Crippen LogP contribution in [0.1, 0.15) is 93.2 Å². The van der Waals surface area contributed by atoms with E-state index >= 15 is 0 Å². The largest absolute Gasteiger partial charge is 0.508 e. The third-order valence-corrected chi connectivity index (χ3v) is 9.42. The van der Waals surface area contributed by atoms with Crippen molar-refractivity contribution in [3.63, 3.8) is 0 Å². The predicted octanol–water partition coefficient (Wildman–Crippen LogP) is 9.36. The number of benzene rings is 4. The Labute approximate surface area is 228 Å². The van der Waals surface area contributed by atoms with E-state index in [-0.39, 0.29) is 11.2 Å². The average Bonchev–Trinajstić information content (AvgIpc) is 3.26. The molecule has 4 aromatic rings. The highest BCUT2D eigenvalue weighted by molar-refractivity contribution is 5.87. The molecule has 38 heavy (non-hydrogen) atoms. The number of methoxy groups -OCH3 is 1. The van der Waals surface area contributed by atoms with Crippen molar-refractivity contribution in [2.24, 2.45) is 0 Å². The van der Waals surface area contributed by atoms with Crippen LogP contribution in [0, 0.1) is 0 Å². The normalized spacial score (nSPS) is 17.1. The summed E-state index contributed by atoms with van der Waals surface area (Å²) in [6, 6.07) is 30.7. The summed E-state index contributed by atoms with van der Waals surface area (Å²) in [5, 5.41) is 10.3. The van der Waals surface area contributed by atoms with Crippen LogP contribution in [0.15, 0.2) is 84.9 Å². The van der Waals surface area contributed by atoms with Gasteiger partial charge in [-0.05, 0) is 99.4 Å². The number of hydrogen-bond donors (Lipinski definition) is 1. The summed E-state index contributed by atoms with van der Waals surface area (Å²) in [6.45, 7) is 11.5. The van der Waals surface area contributed by atoms with E-state index in [0.29, 0.717) is 5.92 Å². The molecule has 0 heterocycles. The molecule has 5 rings (SSSR count). The molecule has 0 spiro atoms. The van der Waals surface area contributed by atoms with E-state index in [4.69, 9.17) is 4.74 Å². The minimum Gasteiger partial charge on any atom is -0.508 e. The lowest BCUT2D eigenvalue weighted by atomic mass is 9.66. The van der Waals surface area contributed by atoms with Gasteiger partial charge in [0, 0.05) is 0 Å². The van der Waals surface area contributed by atoms with Crippen molar-refractivity contribution in [1.29, 1.82) is 0 Å². The van der Waals surface area contributed by atoms with Gasteiger partial charge in [0.1, 0.15) is 11.5 Å². The first-order chi connectivity index (χ1) is 18.3. The van der Waals surface area contributed by atoms with Crippen LogP contribution in [0.2, 0.25) is 0 Å². The fraction of sp³-hybridized carbons (Fsp3) is 0.333. The average molecular weight is 505 g/mol. The molecule has 0 saturated heterocycles. The molecular formula is C36H40O2. The third kappa shape index (κ3) is 3.93. The van der Waals surface area contributed by atoms with Crippen LogP contribution in [-0.4, -0.2) is 12.2 Å². The van der Waals surface area contributed by atoms with Crippen molar-refractivity contribution in [3.8, 4) is 22.6 Å². The first kappa shape index (κ1) is 26.1. The van der Waals surface area contributed by atoms with Crippen molar-refractivity contribution in [2.75, 3.05) is 7.11 Å². The van der Waals surface area contributed by atoms with Gasteiger partial charge >= 0.3 is 0 Å². The van der Waals surface area contributed by atoms with E-state index in [0.717, 1.165) is 30.6 Å². The summed E-state index contributed by atoms with van der Waals surface area (Å²) in [4.78, 5) is 0. The Kier molecular flexibility index (Phi) is 6.86. The van der Waals surface area contributed by atoms with Gasteiger partial charge in [-0.3, -0.25) is 0 Å². The van der Waals surface area contributed by atoms with Gasteiger partial charge in [-0.25, -0.2) is 0 Å². The highest BCUT2D eigenvalue weighted by atomic mass is 16.5. The Bertz CT molecular complexity index is 1430. The van der Waals surface area contributed by atoms with Crippen molar-refractivity contribution < 1.29 is 9.84 Å². The molecule has 1 aliphatic carbocycles. The van der Waals surface area contributed by atoms with Gasteiger partial charge in [0.2, 0.25) is 0 Å². The van der Waals surface area contributed by atoms with Crippen LogP contribution in [0.5, 0.6) is 11.5 Å². The molecule has 1 N–H and O–H groups in total. The Morgan fingerprint density at radius 2 is 1.32 bits per heavy atom. The molecule has 0 bridgehead atoms. The number of hydrogen-bond acceptors (Lipinski definition) is 2. The third-order valence-electron chi connectivity index (χ3n) is 9.42. The maximum absolute atomic E-state index is 10.3. The van der Waals surface area contributed by atoms with E-state index in [1.54, 1.807) is 7.11 Å². The molecule has 2 heteroatoms. The van der Waals surface area contributed by atoms with Crippen LogP contribution in [0.3, 0.4) is 0 Å².